The number of aromatic nitrogens is 8. The van der Waals surface area contributed by atoms with E-state index in [0.29, 0.717) is 16.0 Å². The first-order valence-electron chi connectivity index (χ1n) is 10.6. The number of tetrazole rings is 1. The number of fused-ring (bicyclic) bond motifs is 3. The molecule has 6 rings (SSSR count). The van der Waals surface area contributed by atoms with Crippen LogP contribution >= 0.6 is 46.8 Å². The van der Waals surface area contributed by atoms with Crippen molar-refractivity contribution >= 4 is 63.5 Å². The number of hydrogen-bond acceptors (Lipinski definition) is 7. The molecule has 6 aromatic rings. The molecule has 0 aliphatic heterocycles. The molecule has 3 aromatic carbocycles. The fraction of sp³-hybridized carbons (Fsp3) is 0.0833. The van der Waals surface area contributed by atoms with Gasteiger partial charge in [0.1, 0.15) is 5.82 Å². The molecule has 3 heterocycles. The Hall–Kier alpha value is -3.09. The minimum Gasteiger partial charge on any atom is -0.309 e. The summed E-state index contributed by atoms with van der Waals surface area (Å²) in [5.74, 6) is 1.03. The van der Waals surface area contributed by atoms with Gasteiger partial charge in [0.15, 0.2) is 5.16 Å². The predicted molar refractivity (Wildman–Crippen MR) is 145 cm³/mol. The zero-order valence-electron chi connectivity index (χ0n) is 18.2. The molecule has 0 bridgehead atoms. The summed E-state index contributed by atoms with van der Waals surface area (Å²) in [5.41, 5.74) is 4.59. The van der Waals surface area contributed by atoms with Crippen molar-refractivity contribution in [2.75, 3.05) is 0 Å². The quantitative estimate of drug-likeness (QED) is 0.218. The standard InChI is InChI=1S/C24H16ClIN8S/c1-33-22(28-30-24(33)35)20(13-5-8-17(26)9-6-13)14-7-10-19-18(12-14)21(15-3-2-4-16(25)11-15)27-23-29-31-32-34(19)23/h2-12,20H,1H3,(H,30,35). The van der Waals surface area contributed by atoms with Gasteiger partial charge in [0.25, 0.3) is 5.78 Å². The van der Waals surface area contributed by atoms with E-state index in [1.807, 2.05) is 41.9 Å². The molecule has 1 atom stereocenters. The first-order chi connectivity index (χ1) is 17.0. The topological polar surface area (TPSA) is 86.7 Å². The van der Waals surface area contributed by atoms with Gasteiger partial charge in [-0.3, -0.25) is 0 Å². The van der Waals surface area contributed by atoms with Crippen LogP contribution in [0.2, 0.25) is 5.02 Å². The highest BCUT2D eigenvalue weighted by Gasteiger charge is 2.24. The Bertz CT molecular complexity index is 1710. The van der Waals surface area contributed by atoms with Crippen molar-refractivity contribution in [3.05, 3.63) is 92.3 Å². The van der Waals surface area contributed by atoms with E-state index in [1.165, 1.54) is 0 Å². The van der Waals surface area contributed by atoms with Crippen LogP contribution in [0.4, 0.5) is 0 Å². The molecule has 0 radical (unpaired) electrons. The van der Waals surface area contributed by atoms with Crippen molar-refractivity contribution in [2.24, 2.45) is 7.05 Å². The van der Waals surface area contributed by atoms with E-state index >= 15 is 0 Å². The summed E-state index contributed by atoms with van der Waals surface area (Å²) < 4.78 is 4.70. The van der Waals surface area contributed by atoms with E-state index < -0.39 is 0 Å². The number of rotatable bonds is 4. The number of nitrogens with zero attached hydrogens (tertiary/aromatic N) is 8. The minimum atomic E-state index is -0.174. The third-order valence-corrected chi connectivity index (χ3v) is 7.29. The summed E-state index contributed by atoms with van der Waals surface area (Å²) in [7, 11) is 1.92. The van der Waals surface area contributed by atoms with Gasteiger partial charge in [0.2, 0.25) is 0 Å². The van der Waals surface area contributed by atoms with E-state index in [9.17, 15) is 0 Å². The lowest BCUT2D eigenvalue weighted by molar-refractivity contribution is 0.719. The molecule has 8 nitrogen and oxygen atoms in total. The molecule has 0 saturated carbocycles. The van der Waals surface area contributed by atoms with Crippen LogP contribution in [-0.4, -0.2) is 39.8 Å². The Kier molecular flexibility index (Phi) is 5.66. The average Bonchev–Trinajstić information content (AvgIpc) is 3.47. The van der Waals surface area contributed by atoms with Crippen LogP contribution in [0.15, 0.2) is 71.9 Å². The Morgan fingerprint density at radius 2 is 1.74 bits per heavy atom. The van der Waals surface area contributed by atoms with Gasteiger partial charge in [-0.05, 0) is 80.5 Å². The minimum absolute atomic E-state index is 0.174. The Balaban J connectivity index is 1.64. The molecule has 0 N–H and O–H groups in total. The van der Waals surface area contributed by atoms with Crippen molar-refractivity contribution in [1.82, 2.24) is 39.8 Å². The SMILES string of the molecule is Cn1c(S)nnc1C(c1ccc(I)cc1)c1ccc2c(c1)c(-c1cccc(Cl)c1)nc1nnnn12. The summed E-state index contributed by atoms with van der Waals surface area (Å²) in [5, 5.41) is 22.8. The van der Waals surface area contributed by atoms with E-state index in [1.54, 1.807) is 4.52 Å². The smallest absolute Gasteiger partial charge is 0.274 e. The van der Waals surface area contributed by atoms with Crippen molar-refractivity contribution in [1.29, 1.82) is 0 Å². The molecule has 172 valence electrons. The molecule has 1 unspecified atom stereocenters. The Labute approximate surface area is 223 Å². The number of thiol groups is 1. The fourth-order valence-electron chi connectivity index (χ4n) is 4.26. The molecule has 0 saturated heterocycles. The first-order valence-corrected chi connectivity index (χ1v) is 12.5. The third kappa shape index (κ3) is 3.95. The summed E-state index contributed by atoms with van der Waals surface area (Å²) in [6, 6.07) is 22.2. The Morgan fingerprint density at radius 3 is 2.49 bits per heavy atom. The maximum Gasteiger partial charge on any atom is 0.274 e. The largest absolute Gasteiger partial charge is 0.309 e. The highest BCUT2D eigenvalue weighted by atomic mass is 127. The second-order valence-corrected chi connectivity index (χ2v) is 10.1. The van der Waals surface area contributed by atoms with E-state index in [-0.39, 0.29) is 5.92 Å². The van der Waals surface area contributed by atoms with Gasteiger partial charge >= 0.3 is 0 Å². The number of hydrogen-bond donors (Lipinski definition) is 1. The third-order valence-electron chi connectivity index (χ3n) is 5.95. The normalized spacial score (nSPS) is 12.5. The predicted octanol–water partition coefficient (Wildman–Crippen LogP) is 5.19. The summed E-state index contributed by atoms with van der Waals surface area (Å²) >= 11 is 13.1. The van der Waals surface area contributed by atoms with Gasteiger partial charge in [-0.2, -0.15) is 4.52 Å². The lowest BCUT2D eigenvalue weighted by Crippen LogP contribution is -2.10. The molecule has 0 aliphatic rings. The van der Waals surface area contributed by atoms with E-state index in [4.69, 9.17) is 16.6 Å². The summed E-state index contributed by atoms with van der Waals surface area (Å²) in [4.78, 5) is 4.78. The monoisotopic (exact) mass is 610 g/mol. The van der Waals surface area contributed by atoms with Gasteiger partial charge < -0.3 is 4.57 Å². The van der Waals surface area contributed by atoms with Crippen molar-refractivity contribution in [3.8, 4) is 11.3 Å². The first kappa shape index (κ1) is 22.4. The van der Waals surface area contributed by atoms with Crippen molar-refractivity contribution in [3.63, 3.8) is 0 Å². The van der Waals surface area contributed by atoms with Gasteiger partial charge in [-0.1, -0.05) is 47.0 Å². The number of halogens is 2. The van der Waals surface area contributed by atoms with Gasteiger partial charge in [-0.15, -0.1) is 22.8 Å². The second kappa shape index (κ2) is 8.85. The molecule has 3 aromatic heterocycles. The molecule has 0 aliphatic carbocycles. The zero-order valence-corrected chi connectivity index (χ0v) is 22.0. The van der Waals surface area contributed by atoms with Crippen molar-refractivity contribution < 1.29 is 0 Å². The van der Waals surface area contributed by atoms with Crippen LogP contribution in [0.5, 0.6) is 0 Å². The number of benzene rings is 3. The molecular weight excluding hydrogens is 595 g/mol. The van der Waals surface area contributed by atoms with Gasteiger partial charge in [-0.25, -0.2) is 4.98 Å². The van der Waals surface area contributed by atoms with Crippen LogP contribution in [0.25, 0.3) is 27.9 Å². The highest BCUT2D eigenvalue weighted by molar-refractivity contribution is 14.1. The maximum absolute atomic E-state index is 6.32. The average molecular weight is 611 g/mol. The molecule has 0 spiro atoms. The molecule has 11 heteroatoms. The molecule has 35 heavy (non-hydrogen) atoms. The maximum atomic E-state index is 6.32. The summed E-state index contributed by atoms with van der Waals surface area (Å²) in [6.07, 6.45) is 0. The second-order valence-electron chi connectivity index (χ2n) is 8.04. The lowest BCUT2D eigenvalue weighted by atomic mass is 9.89. The Morgan fingerprint density at radius 1 is 0.943 bits per heavy atom. The van der Waals surface area contributed by atoms with E-state index in [2.05, 4.69) is 97.3 Å². The fourth-order valence-corrected chi connectivity index (χ4v) is 4.96. The van der Waals surface area contributed by atoms with Gasteiger partial charge in [0, 0.05) is 26.6 Å². The van der Waals surface area contributed by atoms with Crippen LogP contribution < -0.4 is 0 Å². The zero-order chi connectivity index (χ0) is 24.1. The van der Waals surface area contributed by atoms with Gasteiger partial charge in [0.05, 0.1) is 17.1 Å². The van der Waals surface area contributed by atoms with Crippen LogP contribution in [0.3, 0.4) is 0 Å². The lowest BCUT2D eigenvalue weighted by Gasteiger charge is -2.19. The highest BCUT2D eigenvalue weighted by Crippen LogP contribution is 2.36. The van der Waals surface area contributed by atoms with Crippen LogP contribution in [0, 0.1) is 3.57 Å². The molecule has 0 amide bonds. The van der Waals surface area contributed by atoms with Crippen LogP contribution in [-0.2, 0) is 7.05 Å². The summed E-state index contributed by atoms with van der Waals surface area (Å²) in [6.45, 7) is 0. The van der Waals surface area contributed by atoms with E-state index in [0.717, 1.165) is 42.7 Å². The van der Waals surface area contributed by atoms with Crippen molar-refractivity contribution in [2.45, 2.75) is 11.1 Å². The van der Waals surface area contributed by atoms with Crippen LogP contribution in [0.1, 0.15) is 22.9 Å². The molecular formula is C24H16ClIN8S. The molecule has 0 fully saturated rings.